The number of rotatable bonds is 2. The molecule has 3 fully saturated rings. The van der Waals surface area contributed by atoms with Gasteiger partial charge in [-0.05, 0) is 30.7 Å². The number of hydrogen-bond donors (Lipinski definition) is 1. The quantitative estimate of drug-likeness (QED) is 0.728. The number of halogens is 1. The molecule has 2 aromatic heterocycles. The number of H-pyrrole nitrogens is 1. The molecule has 3 aromatic rings. The van der Waals surface area contributed by atoms with Gasteiger partial charge in [-0.15, -0.1) is 0 Å². The third-order valence-electron chi connectivity index (χ3n) is 5.17. The van der Waals surface area contributed by atoms with Gasteiger partial charge in [0.2, 0.25) is 5.95 Å². The summed E-state index contributed by atoms with van der Waals surface area (Å²) >= 11 is 0. The smallest absolute Gasteiger partial charge is 0.254 e. The maximum atomic E-state index is 13.3. The number of benzene rings is 1. The van der Waals surface area contributed by atoms with Crippen molar-refractivity contribution in [2.24, 2.45) is 0 Å². The van der Waals surface area contributed by atoms with Gasteiger partial charge in [-0.1, -0.05) is 0 Å². The number of imidazole rings is 1. The van der Waals surface area contributed by atoms with E-state index in [9.17, 15) is 9.18 Å². The Morgan fingerprint density at radius 2 is 2.00 bits per heavy atom. The van der Waals surface area contributed by atoms with E-state index in [-0.39, 0.29) is 18.0 Å². The molecule has 6 nitrogen and oxygen atoms in total. The third kappa shape index (κ3) is 2.26. The second kappa shape index (κ2) is 5.27. The Morgan fingerprint density at radius 1 is 1.16 bits per heavy atom. The van der Waals surface area contributed by atoms with Gasteiger partial charge in [0.25, 0.3) is 5.91 Å². The lowest BCUT2D eigenvalue weighted by Crippen LogP contribution is -2.70. The van der Waals surface area contributed by atoms with Crippen molar-refractivity contribution in [3.05, 3.63) is 54.4 Å². The Hall–Kier alpha value is -2.96. The number of piperazine rings is 1. The molecule has 6 rings (SSSR count). The third-order valence-corrected chi connectivity index (χ3v) is 5.17. The fourth-order valence-electron chi connectivity index (χ4n) is 3.96. The van der Waals surface area contributed by atoms with Crippen molar-refractivity contribution < 1.29 is 9.18 Å². The second-order valence-corrected chi connectivity index (χ2v) is 6.63. The van der Waals surface area contributed by atoms with Gasteiger partial charge in [0, 0.05) is 36.6 Å². The summed E-state index contributed by atoms with van der Waals surface area (Å²) in [5, 5.41) is 0. The van der Waals surface area contributed by atoms with Gasteiger partial charge < -0.3 is 14.8 Å². The van der Waals surface area contributed by atoms with E-state index in [1.807, 2.05) is 29.2 Å². The summed E-state index contributed by atoms with van der Waals surface area (Å²) in [4.78, 5) is 27.8. The number of hydrogen-bond acceptors (Lipinski definition) is 4. The van der Waals surface area contributed by atoms with Crippen LogP contribution in [0.5, 0.6) is 0 Å². The van der Waals surface area contributed by atoms with Crippen LogP contribution in [0.15, 0.2) is 42.9 Å². The number of pyridine rings is 1. The van der Waals surface area contributed by atoms with Crippen LogP contribution in [0.3, 0.4) is 0 Å². The predicted octanol–water partition coefficient (Wildman–Crippen LogP) is 2.20. The van der Waals surface area contributed by atoms with Gasteiger partial charge in [-0.2, -0.15) is 4.39 Å². The van der Waals surface area contributed by atoms with Crippen molar-refractivity contribution in [3.8, 4) is 0 Å². The minimum atomic E-state index is -0.475. The molecule has 0 radical (unpaired) electrons. The minimum Gasteiger partial charge on any atom is -0.367 e. The molecule has 0 saturated carbocycles. The topological polar surface area (TPSA) is 65.1 Å². The molecule has 5 heterocycles. The number of piperidine rings is 1. The Bertz CT molecular complexity index is 959. The zero-order valence-electron chi connectivity index (χ0n) is 13.4. The number of nitrogens with zero attached hydrogens (tertiary/aromatic N) is 4. The molecule has 1 amide bonds. The van der Waals surface area contributed by atoms with E-state index < -0.39 is 5.95 Å². The molecule has 3 aliphatic heterocycles. The Labute approximate surface area is 143 Å². The zero-order valence-corrected chi connectivity index (χ0v) is 13.4. The molecule has 3 saturated heterocycles. The first-order chi connectivity index (χ1) is 12.2. The summed E-state index contributed by atoms with van der Waals surface area (Å²) in [7, 11) is 0. The summed E-state index contributed by atoms with van der Waals surface area (Å²) in [5.74, 6) is -0.421. The van der Waals surface area contributed by atoms with Crippen molar-refractivity contribution in [1.82, 2.24) is 19.9 Å². The van der Waals surface area contributed by atoms with Crippen LogP contribution in [0.2, 0.25) is 0 Å². The fraction of sp³-hybridized carbons (Fsp3) is 0.278. The van der Waals surface area contributed by atoms with Crippen molar-refractivity contribution in [3.63, 3.8) is 0 Å². The van der Waals surface area contributed by atoms with E-state index >= 15 is 0 Å². The molecular weight excluding hydrogens is 321 g/mol. The normalized spacial score (nSPS) is 22.1. The number of fused-ring (bicyclic) bond motifs is 3. The van der Waals surface area contributed by atoms with Gasteiger partial charge in [0.05, 0.1) is 29.4 Å². The monoisotopic (exact) mass is 337 g/mol. The molecule has 1 N–H and O–H groups in total. The zero-order chi connectivity index (χ0) is 17.0. The van der Waals surface area contributed by atoms with Gasteiger partial charge in [0.15, 0.2) is 0 Å². The van der Waals surface area contributed by atoms with E-state index in [0.717, 1.165) is 36.2 Å². The van der Waals surface area contributed by atoms with Crippen LogP contribution in [-0.4, -0.2) is 50.9 Å². The van der Waals surface area contributed by atoms with Crippen LogP contribution in [0.4, 0.5) is 10.1 Å². The van der Waals surface area contributed by atoms with Gasteiger partial charge in [-0.25, -0.2) is 9.97 Å². The Balaban J connectivity index is 1.36. The largest absolute Gasteiger partial charge is 0.367 e. The fourth-order valence-corrected chi connectivity index (χ4v) is 3.96. The average molecular weight is 337 g/mol. The minimum absolute atomic E-state index is 0.0540. The van der Waals surface area contributed by atoms with E-state index in [2.05, 4.69) is 19.9 Å². The van der Waals surface area contributed by atoms with E-state index in [1.54, 1.807) is 6.33 Å². The van der Waals surface area contributed by atoms with Crippen LogP contribution in [0.25, 0.3) is 11.0 Å². The van der Waals surface area contributed by atoms with Gasteiger partial charge >= 0.3 is 0 Å². The average Bonchev–Trinajstić information content (AvgIpc) is 3.09. The number of aromatic nitrogens is 3. The number of carbonyl (C=O) groups excluding carboxylic acids is 1. The maximum Gasteiger partial charge on any atom is 0.254 e. The highest BCUT2D eigenvalue weighted by Gasteiger charge is 2.47. The van der Waals surface area contributed by atoms with Crippen LogP contribution in [0.1, 0.15) is 16.8 Å². The van der Waals surface area contributed by atoms with E-state index in [1.165, 1.54) is 12.3 Å². The van der Waals surface area contributed by atoms with Crippen molar-refractivity contribution in [1.29, 1.82) is 0 Å². The number of nitrogens with one attached hydrogen (secondary N) is 1. The maximum absolute atomic E-state index is 13.3. The van der Waals surface area contributed by atoms with E-state index in [4.69, 9.17) is 0 Å². The van der Waals surface area contributed by atoms with Crippen molar-refractivity contribution in [2.45, 2.75) is 18.5 Å². The van der Waals surface area contributed by atoms with Crippen LogP contribution in [-0.2, 0) is 0 Å². The molecular formula is C18H16FN5O. The van der Waals surface area contributed by atoms with Gasteiger partial charge in [0.1, 0.15) is 0 Å². The van der Waals surface area contributed by atoms with Crippen LogP contribution in [0, 0.1) is 5.95 Å². The molecule has 2 unspecified atom stereocenters. The van der Waals surface area contributed by atoms with Crippen molar-refractivity contribution >= 4 is 22.6 Å². The lowest BCUT2D eigenvalue weighted by molar-refractivity contribution is 0.00593. The summed E-state index contributed by atoms with van der Waals surface area (Å²) in [6.45, 7) is 1.44. The summed E-state index contributed by atoms with van der Waals surface area (Å²) in [5.41, 5.74) is 3.22. The molecule has 1 aromatic carbocycles. The number of anilines is 1. The van der Waals surface area contributed by atoms with Crippen LogP contribution < -0.4 is 4.90 Å². The standard InChI is InChI=1S/C18H16FN5O/c19-17-7-12(3-4-20-17)23-8-13-6-14(9-23)24(13)18(25)11-1-2-15-16(5-11)22-10-21-15/h1-5,7,10,13-14H,6,8-9H2,(H,21,22). The SMILES string of the molecule is O=C(c1ccc2nc[nH]c2c1)N1C2CC1CN(c1ccnc(F)c1)C2. The van der Waals surface area contributed by atoms with E-state index in [0.29, 0.717) is 5.56 Å². The predicted molar refractivity (Wildman–Crippen MR) is 90.9 cm³/mol. The van der Waals surface area contributed by atoms with Gasteiger partial charge in [-0.3, -0.25) is 4.79 Å². The number of amides is 1. The Kier molecular flexibility index (Phi) is 3.03. The first-order valence-electron chi connectivity index (χ1n) is 8.31. The molecule has 3 aliphatic rings. The van der Waals surface area contributed by atoms with Crippen molar-refractivity contribution in [2.75, 3.05) is 18.0 Å². The summed E-state index contributed by atoms with van der Waals surface area (Å²) in [6, 6.07) is 9.14. The first kappa shape index (κ1) is 14.4. The summed E-state index contributed by atoms with van der Waals surface area (Å²) in [6.07, 6.45) is 4.11. The lowest BCUT2D eigenvalue weighted by atomic mass is 9.86. The molecule has 0 aliphatic carbocycles. The molecule has 0 spiro atoms. The molecule has 126 valence electrons. The molecule has 2 bridgehead atoms. The number of carbonyl (C=O) groups is 1. The Morgan fingerprint density at radius 3 is 2.80 bits per heavy atom. The van der Waals surface area contributed by atoms with Crippen LogP contribution >= 0.6 is 0 Å². The highest BCUT2D eigenvalue weighted by molar-refractivity contribution is 5.98. The first-order valence-corrected chi connectivity index (χ1v) is 8.31. The molecule has 7 heteroatoms. The number of aromatic amines is 1. The lowest BCUT2D eigenvalue weighted by Gasteiger charge is -2.56. The molecule has 2 atom stereocenters. The highest BCUT2D eigenvalue weighted by atomic mass is 19.1. The summed E-state index contributed by atoms with van der Waals surface area (Å²) < 4.78 is 13.3. The highest BCUT2D eigenvalue weighted by Crippen LogP contribution is 2.36. The molecule has 25 heavy (non-hydrogen) atoms. The second-order valence-electron chi connectivity index (χ2n) is 6.63.